The van der Waals surface area contributed by atoms with Crippen LogP contribution in [0.1, 0.15) is 36.8 Å². The van der Waals surface area contributed by atoms with Gasteiger partial charge in [-0.2, -0.15) is 0 Å². The van der Waals surface area contributed by atoms with E-state index in [1.807, 2.05) is 13.2 Å². The summed E-state index contributed by atoms with van der Waals surface area (Å²) in [6.45, 7) is 3.05. The molecular weight excluding hydrogens is 210 g/mol. The molecular formula is C14H23N3. The monoisotopic (exact) mass is 233 g/mol. The van der Waals surface area contributed by atoms with Crippen LogP contribution in [0.15, 0.2) is 12.3 Å². The molecule has 0 unspecified atom stereocenters. The van der Waals surface area contributed by atoms with Crippen molar-refractivity contribution in [3.05, 3.63) is 23.4 Å². The normalized spacial score (nSPS) is 16.4. The van der Waals surface area contributed by atoms with Gasteiger partial charge in [-0.1, -0.05) is 12.8 Å². The highest BCUT2D eigenvalue weighted by molar-refractivity contribution is 5.47. The fraction of sp³-hybridized carbons (Fsp3) is 0.643. The van der Waals surface area contributed by atoms with Gasteiger partial charge in [-0.05, 0) is 44.0 Å². The van der Waals surface area contributed by atoms with E-state index in [1.165, 1.54) is 36.8 Å². The summed E-state index contributed by atoms with van der Waals surface area (Å²) in [4.78, 5) is 6.99. The molecule has 0 aromatic carbocycles. The first-order chi connectivity index (χ1) is 8.22. The largest absolute Gasteiger partial charge is 0.356 e. The van der Waals surface area contributed by atoms with Crippen molar-refractivity contribution in [1.29, 1.82) is 0 Å². The summed E-state index contributed by atoms with van der Waals surface area (Å²) in [5, 5.41) is 3.16. The van der Waals surface area contributed by atoms with E-state index in [0.29, 0.717) is 6.04 Å². The Morgan fingerprint density at radius 3 is 2.71 bits per heavy atom. The van der Waals surface area contributed by atoms with E-state index in [9.17, 15) is 0 Å². The number of aromatic nitrogens is 1. The summed E-state index contributed by atoms with van der Waals surface area (Å²) >= 11 is 0. The van der Waals surface area contributed by atoms with Crippen molar-refractivity contribution in [3.63, 3.8) is 0 Å². The van der Waals surface area contributed by atoms with Crippen molar-refractivity contribution < 1.29 is 0 Å². The van der Waals surface area contributed by atoms with E-state index >= 15 is 0 Å². The average molecular weight is 233 g/mol. The van der Waals surface area contributed by atoms with Crippen LogP contribution < -0.4 is 10.2 Å². The number of rotatable bonds is 4. The number of nitrogens with one attached hydrogen (secondary N) is 1. The molecule has 2 rings (SSSR count). The molecule has 0 saturated heterocycles. The van der Waals surface area contributed by atoms with Gasteiger partial charge in [0.1, 0.15) is 5.82 Å². The lowest BCUT2D eigenvalue weighted by atomic mass is 10.1. The lowest BCUT2D eigenvalue weighted by Gasteiger charge is -2.27. The Kier molecular flexibility index (Phi) is 4.00. The van der Waals surface area contributed by atoms with Crippen molar-refractivity contribution >= 4 is 5.82 Å². The van der Waals surface area contributed by atoms with E-state index in [-0.39, 0.29) is 0 Å². The fourth-order valence-electron chi connectivity index (χ4n) is 2.76. The number of hydrogen-bond donors (Lipinski definition) is 1. The van der Waals surface area contributed by atoms with Crippen LogP contribution in [0, 0.1) is 6.92 Å². The SMILES string of the molecule is CNCc1cnc(N(C)C2CCCC2)c(C)c1. The number of nitrogens with zero attached hydrogens (tertiary/aromatic N) is 2. The van der Waals surface area contributed by atoms with Crippen molar-refractivity contribution in [2.24, 2.45) is 0 Å². The molecule has 94 valence electrons. The first kappa shape index (κ1) is 12.4. The Hall–Kier alpha value is -1.09. The average Bonchev–Trinajstić information content (AvgIpc) is 2.82. The second-order valence-corrected chi connectivity index (χ2v) is 5.06. The van der Waals surface area contributed by atoms with Gasteiger partial charge in [0, 0.05) is 25.8 Å². The van der Waals surface area contributed by atoms with E-state index in [1.54, 1.807) is 0 Å². The molecule has 0 radical (unpaired) electrons. The zero-order valence-electron chi connectivity index (χ0n) is 11.2. The Morgan fingerprint density at radius 1 is 1.41 bits per heavy atom. The van der Waals surface area contributed by atoms with Crippen LogP contribution in [0.3, 0.4) is 0 Å². The summed E-state index contributed by atoms with van der Waals surface area (Å²) in [5.74, 6) is 1.15. The van der Waals surface area contributed by atoms with Crippen LogP contribution in [0.2, 0.25) is 0 Å². The standard InChI is InChI=1S/C14H23N3/c1-11-8-12(9-15-2)10-16-14(11)17(3)13-6-4-5-7-13/h8,10,13,15H,4-7,9H2,1-3H3. The molecule has 17 heavy (non-hydrogen) atoms. The molecule has 1 saturated carbocycles. The number of hydrogen-bond acceptors (Lipinski definition) is 3. The predicted molar refractivity (Wildman–Crippen MR) is 72.4 cm³/mol. The molecule has 1 aliphatic carbocycles. The maximum absolute atomic E-state index is 4.63. The lowest BCUT2D eigenvalue weighted by Crippen LogP contribution is -2.30. The summed E-state index contributed by atoms with van der Waals surface area (Å²) in [6, 6.07) is 2.93. The molecule has 1 N–H and O–H groups in total. The summed E-state index contributed by atoms with van der Waals surface area (Å²) in [7, 11) is 4.15. The van der Waals surface area contributed by atoms with Gasteiger partial charge in [-0.3, -0.25) is 0 Å². The zero-order valence-corrected chi connectivity index (χ0v) is 11.2. The highest BCUT2D eigenvalue weighted by atomic mass is 15.2. The third-order valence-corrected chi connectivity index (χ3v) is 3.69. The molecule has 0 amide bonds. The van der Waals surface area contributed by atoms with E-state index in [2.05, 4.69) is 35.2 Å². The number of anilines is 1. The number of pyridine rings is 1. The van der Waals surface area contributed by atoms with E-state index in [0.717, 1.165) is 12.4 Å². The second-order valence-electron chi connectivity index (χ2n) is 5.06. The van der Waals surface area contributed by atoms with Crippen molar-refractivity contribution in [2.75, 3.05) is 19.0 Å². The maximum atomic E-state index is 4.63. The minimum atomic E-state index is 0.691. The lowest BCUT2D eigenvalue weighted by molar-refractivity contribution is 0.644. The smallest absolute Gasteiger partial charge is 0.131 e. The van der Waals surface area contributed by atoms with Gasteiger partial charge in [-0.15, -0.1) is 0 Å². The Labute approximate surface area is 104 Å². The van der Waals surface area contributed by atoms with Crippen LogP contribution in [0.25, 0.3) is 0 Å². The molecule has 0 aliphatic heterocycles. The van der Waals surface area contributed by atoms with Gasteiger partial charge in [0.25, 0.3) is 0 Å². The van der Waals surface area contributed by atoms with Crippen molar-refractivity contribution in [1.82, 2.24) is 10.3 Å². The Bertz CT molecular complexity index is 370. The van der Waals surface area contributed by atoms with Gasteiger partial charge in [0.15, 0.2) is 0 Å². The van der Waals surface area contributed by atoms with Crippen LogP contribution >= 0.6 is 0 Å². The van der Waals surface area contributed by atoms with Gasteiger partial charge in [0.05, 0.1) is 0 Å². The maximum Gasteiger partial charge on any atom is 0.131 e. The topological polar surface area (TPSA) is 28.2 Å². The van der Waals surface area contributed by atoms with Gasteiger partial charge in [0.2, 0.25) is 0 Å². The third kappa shape index (κ3) is 2.78. The predicted octanol–water partition coefficient (Wildman–Crippen LogP) is 2.49. The van der Waals surface area contributed by atoms with Crippen LogP contribution in [-0.2, 0) is 6.54 Å². The Morgan fingerprint density at radius 2 is 2.12 bits per heavy atom. The van der Waals surface area contributed by atoms with Crippen LogP contribution in [-0.4, -0.2) is 25.1 Å². The highest BCUT2D eigenvalue weighted by Crippen LogP contribution is 2.27. The second kappa shape index (κ2) is 5.50. The van der Waals surface area contributed by atoms with Crippen LogP contribution in [0.5, 0.6) is 0 Å². The minimum Gasteiger partial charge on any atom is -0.356 e. The van der Waals surface area contributed by atoms with E-state index in [4.69, 9.17) is 0 Å². The molecule has 1 fully saturated rings. The molecule has 1 aliphatic rings. The van der Waals surface area contributed by atoms with Gasteiger partial charge < -0.3 is 10.2 Å². The molecule has 3 heteroatoms. The van der Waals surface area contributed by atoms with Gasteiger partial charge in [-0.25, -0.2) is 4.98 Å². The molecule has 3 nitrogen and oxygen atoms in total. The Balaban J connectivity index is 2.14. The molecule has 0 spiro atoms. The van der Waals surface area contributed by atoms with Crippen molar-refractivity contribution in [3.8, 4) is 0 Å². The first-order valence-corrected chi connectivity index (χ1v) is 6.55. The molecule has 0 atom stereocenters. The highest BCUT2D eigenvalue weighted by Gasteiger charge is 2.21. The molecule has 1 heterocycles. The summed E-state index contributed by atoms with van der Waals surface area (Å²) < 4.78 is 0. The molecule has 1 aromatic rings. The molecule has 0 bridgehead atoms. The minimum absolute atomic E-state index is 0.691. The third-order valence-electron chi connectivity index (χ3n) is 3.69. The van der Waals surface area contributed by atoms with Crippen LogP contribution in [0.4, 0.5) is 5.82 Å². The summed E-state index contributed by atoms with van der Waals surface area (Å²) in [5.41, 5.74) is 2.54. The summed E-state index contributed by atoms with van der Waals surface area (Å²) in [6.07, 6.45) is 7.36. The number of aryl methyl sites for hydroxylation is 1. The first-order valence-electron chi connectivity index (χ1n) is 6.55. The van der Waals surface area contributed by atoms with E-state index < -0.39 is 0 Å². The quantitative estimate of drug-likeness (QED) is 0.866. The van der Waals surface area contributed by atoms with Crippen molar-refractivity contribution in [2.45, 2.75) is 45.2 Å². The molecule has 1 aromatic heterocycles. The van der Waals surface area contributed by atoms with Gasteiger partial charge >= 0.3 is 0 Å². The zero-order chi connectivity index (χ0) is 12.3. The fourth-order valence-corrected chi connectivity index (χ4v) is 2.76.